The van der Waals surface area contributed by atoms with E-state index < -0.39 is 17.6 Å². The molecule has 0 aromatic heterocycles. The third-order valence-corrected chi connectivity index (χ3v) is 4.90. The SMILES string of the molecule is COc1ccc(NC(=O)C(=O)N/N=C/c2cccc(OCc3c(F)cccc3Cl)c2)c(OC)c1. The summed E-state index contributed by atoms with van der Waals surface area (Å²) in [6, 6.07) is 15.8. The Bertz CT molecular complexity index is 1200. The van der Waals surface area contributed by atoms with Crippen molar-refractivity contribution in [3.05, 3.63) is 82.6 Å². The number of methoxy groups -OCH3 is 2. The molecule has 3 aromatic rings. The molecule has 34 heavy (non-hydrogen) atoms. The summed E-state index contributed by atoms with van der Waals surface area (Å²) in [6.07, 6.45) is 1.34. The van der Waals surface area contributed by atoms with Crippen LogP contribution in [0, 0.1) is 5.82 Å². The number of carbonyl (C=O) groups is 2. The highest BCUT2D eigenvalue weighted by Gasteiger charge is 2.16. The number of halogens is 2. The van der Waals surface area contributed by atoms with E-state index in [1.807, 2.05) is 0 Å². The smallest absolute Gasteiger partial charge is 0.329 e. The second-order valence-corrected chi connectivity index (χ2v) is 7.19. The molecule has 0 heterocycles. The van der Waals surface area contributed by atoms with E-state index in [4.69, 9.17) is 25.8 Å². The van der Waals surface area contributed by atoms with Gasteiger partial charge in [0.2, 0.25) is 0 Å². The summed E-state index contributed by atoms with van der Waals surface area (Å²) in [5, 5.41) is 6.50. The number of amides is 2. The van der Waals surface area contributed by atoms with Gasteiger partial charge in [-0.2, -0.15) is 5.10 Å². The van der Waals surface area contributed by atoms with Crippen molar-refractivity contribution in [3.63, 3.8) is 0 Å². The van der Waals surface area contributed by atoms with Gasteiger partial charge in [0.1, 0.15) is 29.7 Å². The van der Waals surface area contributed by atoms with Crippen molar-refractivity contribution in [2.24, 2.45) is 5.10 Å². The van der Waals surface area contributed by atoms with Gasteiger partial charge in [-0.3, -0.25) is 9.59 Å². The quantitative estimate of drug-likeness (QED) is 0.283. The molecule has 0 atom stereocenters. The van der Waals surface area contributed by atoms with Crippen LogP contribution < -0.4 is 25.0 Å². The Kier molecular flexibility index (Phi) is 8.42. The van der Waals surface area contributed by atoms with Gasteiger partial charge in [-0.05, 0) is 42.0 Å². The number of anilines is 1. The molecule has 2 amide bonds. The van der Waals surface area contributed by atoms with Gasteiger partial charge < -0.3 is 19.5 Å². The normalized spacial score (nSPS) is 10.6. The first kappa shape index (κ1) is 24.5. The Labute approximate surface area is 200 Å². The predicted octanol–water partition coefficient (Wildman–Crippen LogP) is 4.16. The number of hydrogen-bond acceptors (Lipinski definition) is 6. The first-order valence-corrected chi connectivity index (χ1v) is 10.3. The zero-order valence-electron chi connectivity index (χ0n) is 18.3. The molecule has 3 aromatic carbocycles. The van der Waals surface area contributed by atoms with E-state index >= 15 is 0 Å². The second kappa shape index (κ2) is 11.7. The van der Waals surface area contributed by atoms with Crippen LogP contribution in [0.3, 0.4) is 0 Å². The summed E-state index contributed by atoms with van der Waals surface area (Å²) in [4.78, 5) is 24.2. The maximum Gasteiger partial charge on any atom is 0.329 e. The van der Waals surface area contributed by atoms with Gasteiger partial charge >= 0.3 is 11.8 Å². The van der Waals surface area contributed by atoms with Crippen LogP contribution in [0.15, 0.2) is 65.8 Å². The molecule has 0 aliphatic carbocycles. The monoisotopic (exact) mass is 485 g/mol. The van der Waals surface area contributed by atoms with Crippen LogP contribution in [0.1, 0.15) is 11.1 Å². The maximum absolute atomic E-state index is 13.9. The fourth-order valence-electron chi connectivity index (χ4n) is 2.81. The highest BCUT2D eigenvalue weighted by atomic mass is 35.5. The summed E-state index contributed by atoms with van der Waals surface area (Å²) < 4.78 is 29.8. The molecular weight excluding hydrogens is 465 g/mol. The summed E-state index contributed by atoms with van der Waals surface area (Å²) in [6.45, 7) is -0.0577. The van der Waals surface area contributed by atoms with E-state index in [-0.39, 0.29) is 17.2 Å². The lowest BCUT2D eigenvalue weighted by molar-refractivity contribution is -0.136. The third-order valence-electron chi connectivity index (χ3n) is 4.55. The number of carbonyl (C=O) groups excluding carboxylic acids is 2. The lowest BCUT2D eigenvalue weighted by Crippen LogP contribution is -2.32. The van der Waals surface area contributed by atoms with Gasteiger partial charge in [0, 0.05) is 11.6 Å². The van der Waals surface area contributed by atoms with Crippen LogP contribution in [0.25, 0.3) is 0 Å². The number of hydrazone groups is 1. The van der Waals surface area contributed by atoms with Gasteiger partial charge in [-0.15, -0.1) is 0 Å². The summed E-state index contributed by atoms with van der Waals surface area (Å²) in [5.41, 5.74) is 3.27. The number of hydrogen-bond donors (Lipinski definition) is 2. The lowest BCUT2D eigenvalue weighted by Gasteiger charge is -2.11. The van der Waals surface area contributed by atoms with Gasteiger partial charge in [-0.25, -0.2) is 9.82 Å². The fourth-order valence-corrected chi connectivity index (χ4v) is 3.03. The highest BCUT2D eigenvalue weighted by molar-refractivity contribution is 6.39. The van der Waals surface area contributed by atoms with Gasteiger partial charge in [-0.1, -0.05) is 29.8 Å². The Morgan fingerprint density at radius 2 is 1.79 bits per heavy atom. The summed E-state index contributed by atoms with van der Waals surface area (Å²) in [5.74, 6) is -1.06. The molecule has 0 aliphatic heterocycles. The zero-order valence-corrected chi connectivity index (χ0v) is 19.1. The van der Waals surface area contributed by atoms with Gasteiger partial charge in [0.05, 0.1) is 31.1 Å². The number of nitrogens with zero attached hydrogens (tertiary/aromatic N) is 1. The van der Waals surface area contributed by atoms with Crippen molar-refractivity contribution in [1.29, 1.82) is 0 Å². The molecular formula is C24H21ClFN3O5. The van der Waals surface area contributed by atoms with Crippen molar-refractivity contribution in [2.45, 2.75) is 6.61 Å². The Morgan fingerprint density at radius 3 is 2.53 bits per heavy atom. The second-order valence-electron chi connectivity index (χ2n) is 6.78. The van der Waals surface area contributed by atoms with Gasteiger partial charge in [0.25, 0.3) is 0 Å². The Morgan fingerprint density at radius 1 is 1.00 bits per heavy atom. The summed E-state index contributed by atoms with van der Waals surface area (Å²) in [7, 11) is 2.93. The number of benzene rings is 3. The van der Waals surface area contributed by atoms with E-state index in [0.717, 1.165) is 0 Å². The molecule has 0 spiro atoms. The minimum atomic E-state index is -0.976. The average Bonchev–Trinajstić information content (AvgIpc) is 2.84. The molecule has 0 aliphatic rings. The molecule has 0 saturated heterocycles. The molecule has 0 unspecified atom stereocenters. The molecule has 0 radical (unpaired) electrons. The number of nitrogens with one attached hydrogen (secondary N) is 2. The maximum atomic E-state index is 13.9. The number of ether oxygens (including phenoxy) is 3. The van der Waals surface area contributed by atoms with E-state index in [1.54, 1.807) is 48.5 Å². The van der Waals surface area contributed by atoms with Crippen LogP contribution in [0.4, 0.5) is 10.1 Å². The molecule has 3 rings (SSSR count). The molecule has 0 fully saturated rings. The van der Waals surface area contributed by atoms with Crippen molar-refractivity contribution in [3.8, 4) is 17.2 Å². The largest absolute Gasteiger partial charge is 0.497 e. The minimum Gasteiger partial charge on any atom is -0.497 e. The van der Waals surface area contributed by atoms with E-state index in [1.165, 1.54) is 32.6 Å². The van der Waals surface area contributed by atoms with E-state index in [9.17, 15) is 14.0 Å². The zero-order chi connectivity index (χ0) is 24.5. The van der Waals surface area contributed by atoms with Crippen LogP contribution in [-0.2, 0) is 16.2 Å². The van der Waals surface area contributed by atoms with Crippen molar-refractivity contribution in [1.82, 2.24) is 5.43 Å². The average molecular weight is 486 g/mol. The number of rotatable bonds is 8. The summed E-state index contributed by atoms with van der Waals surface area (Å²) >= 11 is 6.01. The topological polar surface area (TPSA) is 98.2 Å². The first-order valence-electron chi connectivity index (χ1n) is 9.93. The van der Waals surface area contributed by atoms with E-state index in [0.29, 0.717) is 28.5 Å². The Balaban J connectivity index is 1.57. The fraction of sp³-hybridized carbons (Fsp3) is 0.125. The first-order chi connectivity index (χ1) is 16.4. The Hall–Kier alpha value is -4.11. The molecule has 10 heteroatoms. The van der Waals surface area contributed by atoms with Crippen LogP contribution in [0.2, 0.25) is 5.02 Å². The van der Waals surface area contributed by atoms with Gasteiger partial charge in [0.15, 0.2) is 0 Å². The molecule has 0 bridgehead atoms. The van der Waals surface area contributed by atoms with E-state index in [2.05, 4.69) is 15.8 Å². The predicted molar refractivity (Wildman–Crippen MR) is 126 cm³/mol. The van der Waals surface area contributed by atoms with Crippen LogP contribution in [-0.4, -0.2) is 32.2 Å². The van der Waals surface area contributed by atoms with Crippen LogP contribution >= 0.6 is 11.6 Å². The lowest BCUT2D eigenvalue weighted by atomic mass is 10.2. The molecule has 0 saturated carbocycles. The third kappa shape index (κ3) is 6.46. The molecule has 2 N–H and O–H groups in total. The van der Waals surface area contributed by atoms with Crippen LogP contribution in [0.5, 0.6) is 17.2 Å². The standard InChI is InChI=1S/C24H21ClFN3O5/c1-32-16-9-10-21(22(12-16)33-2)28-23(30)24(31)29-27-13-15-5-3-6-17(11-15)34-14-18-19(25)7-4-8-20(18)26/h3-13H,14H2,1-2H3,(H,28,30)(H,29,31)/b27-13+. The van der Waals surface area contributed by atoms with Crippen molar-refractivity contribution in [2.75, 3.05) is 19.5 Å². The van der Waals surface area contributed by atoms with Crippen molar-refractivity contribution >= 4 is 35.3 Å². The molecule has 8 nitrogen and oxygen atoms in total. The highest BCUT2D eigenvalue weighted by Crippen LogP contribution is 2.29. The molecule has 176 valence electrons. The van der Waals surface area contributed by atoms with Crippen molar-refractivity contribution < 1.29 is 28.2 Å². The minimum absolute atomic E-state index is 0.0577.